The van der Waals surface area contributed by atoms with E-state index in [-0.39, 0.29) is 22.8 Å². The maximum absolute atomic E-state index is 13.8. The number of hydrogen-bond acceptors (Lipinski definition) is 7. The number of anilines is 2. The lowest BCUT2D eigenvalue weighted by atomic mass is 9.72. The number of carbonyl (C=O) groups is 4. The predicted molar refractivity (Wildman–Crippen MR) is 211 cm³/mol. The van der Waals surface area contributed by atoms with Crippen molar-refractivity contribution in [2.45, 2.75) is 44.9 Å². The molecule has 3 N–H and O–H groups in total. The lowest BCUT2D eigenvalue weighted by molar-refractivity contribution is -0.114. The summed E-state index contributed by atoms with van der Waals surface area (Å²) < 4.78 is 5.11. The molecule has 0 radical (unpaired) electrons. The van der Waals surface area contributed by atoms with E-state index in [2.05, 4.69) is 36.7 Å². The van der Waals surface area contributed by atoms with Gasteiger partial charge in [0.25, 0.3) is 11.8 Å². The van der Waals surface area contributed by atoms with Gasteiger partial charge in [-0.25, -0.2) is 4.79 Å². The molecule has 10 heteroatoms. The molecule has 1 aliphatic rings. The van der Waals surface area contributed by atoms with Crippen LogP contribution >= 0.6 is 23.1 Å². The molecule has 0 saturated heterocycles. The Morgan fingerprint density at radius 3 is 2.40 bits per heavy atom. The van der Waals surface area contributed by atoms with Crippen molar-refractivity contribution in [2.24, 2.45) is 11.3 Å². The van der Waals surface area contributed by atoms with Gasteiger partial charge in [0.2, 0.25) is 5.91 Å². The number of ether oxygens (including phenoxy) is 1. The van der Waals surface area contributed by atoms with Crippen LogP contribution < -0.4 is 16.0 Å². The first kappa shape index (κ1) is 36.6. The molecule has 5 aromatic rings. The third-order valence-corrected chi connectivity index (χ3v) is 11.4. The van der Waals surface area contributed by atoms with Gasteiger partial charge in [-0.2, -0.15) is 0 Å². The first-order chi connectivity index (χ1) is 25.0. The highest BCUT2D eigenvalue weighted by Gasteiger charge is 2.34. The first-order valence-corrected chi connectivity index (χ1v) is 18.9. The molecule has 1 aromatic heterocycles. The zero-order valence-corrected chi connectivity index (χ0v) is 31.2. The van der Waals surface area contributed by atoms with Gasteiger partial charge in [-0.05, 0) is 88.9 Å². The summed E-state index contributed by atoms with van der Waals surface area (Å²) in [5, 5.41) is 11.2. The Bertz CT molecular complexity index is 2160. The third kappa shape index (κ3) is 8.63. The highest BCUT2D eigenvalue weighted by Crippen LogP contribution is 2.44. The molecule has 4 aromatic carbocycles. The van der Waals surface area contributed by atoms with Crippen molar-refractivity contribution in [2.75, 3.05) is 23.5 Å². The summed E-state index contributed by atoms with van der Waals surface area (Å²) in [6.07, 6.45) is 4.30. The van der Waals surface area contributed by atoms with Crippen LogP contribution in [0.5, 0.6) is 0 Å². The van der Waals surface area contributed by atoms with Crippen LogP contribution in [-0.4, -0.2) is 36.6 Å². The fourth-order valence-electron chi connectivity index (χ4n) is 6.38. The average Bonchev–Trinajstić information content (AvgIpc) is 3.50. The second kappa shape index (κ2) is 16.0. The smallest absolute Gasteiger partial charge is 0.341 e. The molecular weight excluding hydrogens is 691 g/mol. The molecule has 1 atom stereocenters. The second-order valence-corrected chi connectivity index (χ2v) is 15.9. The molecule has 6 rings (SSSR count). The molecule has 52 heavy (non-hydrogen) atoms. The fraction of sp³-hybridized carbons (Fsp3) is 0.238. The lowest BCUT2D eigenvalue weighted by Crippen LogP contribution is -2.30. The molecular formula is C42H41N3O5S2. The molecule has 266 valence electrons. The van der Waals surface area contributed by atoms with Gasteiger partial charge in [-0.1, -0.05) is 87.5 Å². The van der Waals surface area contributed by atoms with Crippen LogP contribution in [0.25, 0.3) is 16.8 Å². The third-order valence-electron chi connectivity index (χ3n) is 9.25. The van der Waals surface area contributed by atoms with E-state index in [1.165, 1.54) is 30.2 Å². The van der Waals surface area contributed by atoms with Crippen LogP contribution in [0, 0.1) is 11.3 Å². The van der Waals surface area contributed by atoms with Crippen molar-refractivity contribution in [1.29, 1.82) is 0 Å². The molecule has 0 spiro atoms. The maximum Gasteiger partial charge on any atom is 0.341 e. The van der Waals surface area contributed by atoms with Crippen molar-refractivity contribution in [3.05, 3.63) is 130 Å². The number of amides is 3. The van der Waals surface area contributed by atoms with Gasteiger partial charge in [0, 0.05) is 21.0 Å². The van der Waals surface area contributed by atoms with Crippen molar-refractivity contribution >= 4 is 74.3 Å². The first-order valence-electron chi connectivity index (χ1n) is 17.1. The van der Waals surface area contributed by atoms with Crippen molar-refractivity contribution < 1.29 is 23.9 Å². The number of methoxy groups -OCH3 is 1. The van der Waals surface area contributed by atoms with Crippen molar-refractivity contribution in [3.8, 4) is 0 Å². The minimum absolute atomic E-state index is 0.0801. The van der Waals surface area contributed by atoms with E-state index >= 15 is 0 Å². The van der Waals surface area contributed by atoms with E-state index in [0.717, 1.165) is 50.9 Å². The van der Waals surface area contributed by atoms with E-state index < -0.39 is 17.8 Å². The summed E-state index contributed by atoms with van der Waals surface area (Å²) in [6.45, 7) is 6.72. The van der Waals surface area contributed by atoms with E-state index in [1.54, 1.807) is 48.5 Å². The Hall–Kier alpha value is -5.19. The van der Waals surface area contributed by atoms with Crippen LogP contribution in [0.15, 0.2) is 108 Å². The average molecular weight is 732 g/mol. The number of fused-ring (bicyclic) bond motifs is 2. The molecule has 0 fully saturated rings. The number of carbonyl (C=O) groups excluding carboxylic acids is 4. The molecule has 1 heterocycles. The number of rotatable bonds is 10. The lowest BCUT2D eigenvalue weighted by Gasteiger charge is -2.33. The van der Waals surface area contributed by atoms with E-state index in [0.29, 0.717) is 27.7 Å². The van der Waals surface area contributed by atoms with E-state index in [9.17, 15) is 19.2 Å². The van der Waals surface area contributed by atoms with Crippen LogP contribution in [0.4, 0.5) is 10.7 Å². The number of thioether (sulfide) groups is 1. The van der Waals surface area contributed by atoms with E-state index in [1.807, 2.05) is 54.6 Å². The van der Waals surface area contributed by atoms with Gasteiger partial charge in [0.15, 0.2) is 0 Å². The van der Waals surface area contributed by atoms with Gasteiger partial charge >= 0.3 is 5.97 Å². The highest BCUT2D eigenvalue weighted by molar-refractivity contribution is 8.00. The summed E-state index contributed by atoms with van der Waals surface area (Å²) in [4.78, 5) is 54.9. The Labute approximate surface area is 312 Å². The Kier molecular flexibility index (Phi) is 11.3. The number of thiophene rings is 1. The van der Waals surface area contributed by atoms with Gasteiger partial charge in [0.05, 0.1) is 18.4 Å². The molecule has 8 nitrogen and oxygen atoms in total. The van der Waals surface area contributed by atoms with Gasteiger partial charge in [0.1, 0.15) is 10.7 Å². The van der Waals surface area contributed by atoms with Crippen LogP contribution in [0.3, 0.4) is 0 Å². The summed E-state index contributed by atoms with van der Waals surface area (Å²) in [7, 11) is 1.36. The SMILES string of the molecule is COC(=O)c1c(NC(=O)CSc2cccc(NC(=O)/C(=C\c3cccc4ccccc34)NC(=O)c3ccccc3)c2)sc2c1CCC(C(C)(C)C)C2. The van der Waals surface area contributed by atoms with Crippen molar-refractivity contribution in [3.63, 3.8) is 0 Å². The van der Waals surface area contributed by atoms with Crippen LogP contribution in [-0.2, 0) is 27.2 Å². The van der Waals surface area contributed by atoms with Crippen LogP contribution in [0.1, 0.15) is 63.9 Å². The molecule has 0 saturated carbocycles. The quantitative estimate of drug-likeness (QED) is 0.0751. The van der Waals surface area contributed by atoms with Crippen LogP contribution in [0.2, 0.25) is 0 Å². The number of benzene rings is 4. The second-order valence-electron chi connectivity index (χ2n) is 13.8. The molecule has 0 bridgehead atoms. The summed E-state index contributed by atoms with van der Waals surface area (Å²) in [6, 6.07) is 29.5. The Balaban J connectivity index is 1.16. The van der Waals surface area contributed by atoms with E-state index in [4.69, 9.17) is 4.74 Å². The zero-order chi connectivity index (χ0) is 36.8. The molecule has 1 unspecified atom stereocenters. The summed E-state index contributed by atoms with van der Waals surface area (Å²) in [5.74, 6) is -1.02. The molecule has 3 amide bonds. The minimum Gasteiger partial charge on any atom is -0.465 e. The largest absolute Gasteiger partial charge is 0.465 e. The fourth-order valence-corrected chi connectivity index (χ4v) is 8.47. The Morgan fingerprint density at radius 2 is 1.63 bits per heavy atom. The predicted octanol–water partition coefficient (Wildman–Crippen LogP) is 8.98. The van der Waals surface area contributed by atoms with Gasteiger partial charge in [-0.3, -0.25) is 14.4 Å². The molecule has 1 aliphatic carbocycles. The van der Waals surface area contributed by atoms with Crippen molar-refractivity contribution in [1.82, 2.24) is 5.32 Å². The number of hydrogen-bond donors (Lipinski definition) is 3. The normalized spacial score (nSPS) is 14.3. The van der Waals surface area contributed by atoms with Gasteiger partial charge < -0.3 is 20.7 Å². The topological polar surface area (TPSA) is 114 Å². The maximum atomic E-state index is 13.8. The number of esters is 1. The summed E-state index contributed by atoms with van der Waals surface area (Å²) in [5.41, 5.74) is 3.37. The minimum atomic E-state index is -0.497. The molecule has 0 aliphatic heterocycles. The Morgan fingerprint density at radius 1 is 0.904 bits per heavy atom. The summed E-state index contributed by atoms with van der Waals surface area (Å²) >= 11 is 2.78. The highest BCUT2D eigenvalue weighted by atomic mass is 32.2. The standard InChI is InChI=1S/C42H41N3O5S2/c1-42(2,3)29-20-21-33-35(23-29)52-40(37(33)41(49)50-4)45-36(46)25-51-31-18-11-17-30(24-31)43-39(48)34(44-38(47)27-13-6-5-7-14-27)22-28-16-10-15-26-12-8-9-19-32(26)28/h5-19,22,24,29H,20-21,23,25H2,1-4H3,(H,43,48)(H,44,47)(H,45,46)/b34-22+. The number of nitrogens with one attached hydrogen (secondary N) is 3. The zero-order valence-electron chi connectivity index (χ0n) is 29.6. The van der Waals surface area contributed by atoms with Gasteiger partial charge in [-0.15, -0.1) is 23.1 Å². The monoisotopic (exact) mass is 731 g/mol.